The molecule has 15 nitrogen and oxygen atoms in total. The lowest BCUT2D eigenvalue weighted by Crippen LogP contribution is -2.17. The van der Waals surface area contributed by atoms with E-state index in [0.717, 1.165) is 29.1 Å². The number of carboxylic acid groups (broad SMARTS) is 1. The molecule has 5 heterocycles. The van der Waals surface area contributed by atoms with Crippen molar-refractivity contribution in [1.82, 2.24) is 24.9 Å². The summed E-state index contributed by atoms with van der Waals surface area (Å²) in [6.07, 6.45) is 2.72. The second kappa shape index (κ2) is 33.9. The third kappa shape index (κ3) is 21.9. The normalized spacial score (nSPS) is 9.31. The number of pyridine rings is 5. The molecule has 0 amide bonds. The molecule has 5 aromatic rings. The summed E-state index contributed by atoms with van der Waals surface area (Å²) < 4.78 is 0. The molecule has 0 bridgehead atoms. The number of H-pyrrole nitrogens is 5. The predicted octanol–water partition coefficient (Wildman–Crippen LogP) is 9.63. The molecular weight excluding hydrogens is 815 g/mol. The zero-order chi connectivity index (χ0) is 44.8. The van der Waals surface area contributed by atoms with Gasteiger partial charge in [-0.1, -0.05) is 130 Å². The summed E-state index contributed by atoms with van der Waals surface area (Å²) in [5, 5.41) is 8.50. The highest BCUT2D eigenvalue weighted by Crippen LogP contribution is 2.12. The molecule has 5 aromatic heterocycles. The summed E-state index contributed by atoms with van der Waals surface area (Å²) >= 11 is 0. The molecule has 15 heteroatoms. The molecule has 0 fully saturated rings. The molecule has 0 atom stereocenters. The minimum Gasteiger partial charge on any atom is -0.477 e. The van der Waals surface area contributed by atoms with Crippen LogP contribution in [-0.2, 0) is 25.8 Å². The van der Waals surface area contributed by atoms with Gasteiger partial charge in [-0.25, -0.2) is 9.64 Å². The van der Waals surface area contributed by atoms with Crippen molar-refractivity contribution in [1.29, 1.82) is 0 Å². The van der Waals surface area contributed by atoms with Gasteiger partial charge in [0.2, 0.25) is 5.69 Å². The molecule has 0 aromatic carbocycles. The molecule has 0 radical (unpaired) electrons. The van der Waals surface area contributed by atoms with Crippen molar-refractivity contribution in [2.45, 2.75) is 143 Å². The SMILES string of the molecule is C.C.C.C.C.CC(C)c1ccc(CN)c(=O)[nH]1.CCc1ccc(C(=O)O)[nH]c1=O.CCc1ccc(C(C)C)[nH]c1=O.CCc1ccc(C=O)[nH]c1=O.[C-]#[N+]c1ccc(C(C)C)[nH]c1=O. The first kappa shape index (κ1) is 66.4. The van der Waals surface area contributed by atoms with Crippen LogP contribution in [0.1, 0.15) is 178 Å². The first-order valence-electron chi connectivity index (χ1n) is 19.2. The fourth-order valence-corrected chi connectivity index (χ4v) is 4.83. The monoisotopic (exact) mass is 892 g/mol. The Morgan fingerprint density at radius 3 is 1.20 bits per heavy atom. The number of hydrogen-bond donors (Lipinski definition) is 7. The smallest absolute Gasteiger partial charge is 0.352 e. The number of carbonyl (C=O) groups excluding carboxylic acids is 1. The van der Waals surface area contributed by atoms with E-state index in [4.69, 9.17) is 17.4 Å². The van der Waals surface area contributed by atoms with Gasteiger partial charge >= 0.3 is 5.97 Å². The molecule has 0 aliphatic rings. The number of aldehydes is 1. The van der Waals surface area contributed by atoms with E-state index < -0.39 is 5.97 Å². The largest absolute Gasteiger partial charge is 0.477 e. The number of hydrogen-bond acceptors (Lipinski definition) is 8. The van der Waals surface area contributed by atoms with Crippen molar-refractivity contribution in [3.63, 3.8) is 0 Å². The van der Waals surface area contributed by atoms with E-state index in [9.17, 15) is 33.6 Å². The van der Waals surface area contributed by atoms with E-state index in [1.54, 1.807) is 30.3 Å². The van der Waals surface area contributed by atoms with Crippen molar-refractivity contribution in [2.24, 2.45) is 5.73 Å². The summed E-state index contributed by atoms with van der Waals surface area (Å²) in [6, 6.07) is 17.1. The standard InChI is InChI=1S/C10H15NO.C9H10N2O.C9H14N2O.C8H9NO3.C8H9NO2.5CH4/c1-4-8-5-6-9(7(2)3)11-10(8)12;1-6(2)7-4-5-8(10-3)9(12)11-7;1-6(2)8-4-3-7(5-10)9(12)11-8;1-2-5-3-4-6(8(11)12)9-7(5)10;1-2-6-3-4-7(5-10)9-8(6)11;;;;;/h5-7H,4H2,1-3H3,(H,11,12);4-6H,1-2H3,(H,11,12);3-4,6H,5,10H2,1-2H3,(H,11,12);3-4H,2H2,1H3,(H,9,10)(H,11,12);3-5H,2H2,1H3,(H,9,11);5*1H4. The van der Waals surface area contributed by atoms with Crippen LogP contribution in [0, 0.1) is 6.57 Å². The van der Waals surface area contributed by atoms with E-state index in [2.05, 4.69) is 43.6 Å². The molecule has 0 saturated carbocycles. The van der Waals surface area contributed by atoms with Crippen LogP contribution in [0.3, 0.4) is 0 Å². The molecule has 5 rings (SSSR count). The number of aromatic nitrogens is 5. The average molecular weight is 892 g/mol. The number of carboxylic acids is 1. The molecule has 0 unspecified atom stereocenters. The van der Waals surface area contributed by atoms with Crippen LogP contribution in [0.15, 0.2) is 84.6 Å². The van der Waals surface area contributed by atoms with Crippen LogP contribution in [0.25, 0.3) is 4.85 Å². The number of aryl methyl sites for hydroxylation is 3. The number of nitrogens with zero attached hydrogens (tertiary/aromatic N) is 1. The maximum Gasteiger partial charge on any atom is 0.352 e. The molecule has 0 spiro atoms. The predicted molar refractivity (Wildman–Crippen MR) is 266 cm³/mol. The molecule has 0 aliphatic carbocycles. The Morgan fingerprint density at radius 2 is 0.906 bits per heavy atom. The van der Waals surface area contributed by atoms with Crippen LogP contribution in [0.4, 0.5) is 5.69 Å². The number of nitrogens with two attached hydrogens (primary N) is 1. The molecule has 64 heavy (non-hydrogen) atoms. The fourth-order valence-electron chi connectivity index (χ4n) is 4.83. The number of aromatic carboxylic acids is 1. The Labute approximate surface area is 379 Å². The van der Waals surface area contributed by atoms with Crippen LogP contribution in [0.5, 0.6) is 0 Å². The first-order chi connectivity index (χ1) is 27.9. The van der Waals surface area contributed by atoms with Gasteiger partial charge in [0.15, 0.2) is 6.29 Å². The Hall–Kier alpha value is -6.66. The number of carbonyl (C=O) groups is 2. The van der Waals surface area contributed by atoms with Crippen LogP contribution in [0.2, 0.25) is 0 Å². The third-order valence-corrected chi connectivity index (χ3v) is 8.65. The van der Waals surface area contributed by atoms with Crippen molar-refractivity contribution in [2.75, 3.05) is 0 Å². The Balaban J connectivity index is -0.000000222. The Bertz CT molecular complexity index is 2400. The van der Waals surface area contributed by atoms with Gasteiger partial charge in [0.1, 0.15) is 5.69 Å². The van der Waals surface area contributed by atoms with E-state index in [0.29, 0.717) is 59.9 Å². The van der Waals surface area contributed by atoms with Gasteiger partial charge in [-0.3, -0.25) is 28.8 Å². The van der Waals surface area contributed by atoms with Crippen molar-refractivity contribution < 1.29 is 14.7 Å². The second-order valence-corrected chi connectivity index (χ2v) is 13.9. The van der Waals surface area contributed by atoms with Crippen molar-refractivity contribution >= 4 is 17.9 Å². The van der Waals surface area contributed by atoms with Gasteiger partial charge in [-0.05, 0) is 67.3 Å². The lowest BCUT2D eigenvalue weighted by molar-refractivity contribution is 0.0690. The summed E-state index contributed by atoms with van der Waals surface area (Å²) in [5.74, 6) is -0.0830. The van der Waals surface area contributed by atoms with Gasteiger partial charge in [0, 0.05) is 45.9 Å². The summed E-state index contributed by atoms with van der Waals surface area (Å²) in [7, 11) is 0. The summed E-state index contributed by atoms with van der Waals surface area (Å²) in [4.78, 5) is 92.4. The Kier molecular flexibility index (Phi) is 35.2. The van der Waals surface area contributed by atoms with E-state index in [1.807, 2.05) is 66.7 Å². The second-order valence-electron chi connectivity index (χ2n) is 13.9. The molecule has 0 saturated heterocycles. The highest BCUT2D eigenvalue weighted by Gasteiger charge is 2.06. The molecular formula is C49H77N7O8. The van der Waals surface area contributed by atoms with Crippen molar-refractivity contribution in [3.05, 3.63) is 175 Å². The minimum atomic E-state index is -1.12. The van der Waals surface area contributed by atoms with Gasteiger partial charge in [-0.2, -0.15) is 0 Å². The maximum absolute atomic E-state index is 11.3. The maximum atomic E-state index is 11.3. The lowest BCUT2D eigenvalue weighted by Gasteiger charge is -2.04. The number of rotatable bonds is 9. The highest BCUT2D eigenvalue weighted by atomic mass is 16.4. The Morgan fingerprint density at radius 1 is 0.562 bits per heavy atom. The lowest BCUT2D eigenvalue weighted by atomic mass is 10.1. The average Bonchev–Trinajstić information content (AvgIpc) is 3.21. The van der Waals surface area contributed by atoms with Gasteiger partial charge in [0.25, 0.3) is 27.8 Å². The van der Waals surface area contributed by atoms with Crippen LogP contribution < -0.4 is 33.5 Å². The zero-order valence-electron chi connectivity index (χ0n) is 35.2. The molecule has 356 valence electrons. The van der Waals surface area contributed by atoms with Crippen LogP contribution in [-0.4, -0.2) is 42.3 Å². The van der Waals surface area contributed by atoms with E-state index >= 15 is 0 Å². The van der Waals surface area contributed by atoms with E-state index in [1.165, 1.54) is 12.1 Å². The summed E-state index contributed by atoms with van der Waals surface area (Å²) in [5.41, 5.74) is 10.6. The zero-order valence-corrected chi connectivity index (χ0v) is 35.2. The van der Waals surface area contributed by atoms with Gasteiger partial charge < -0.3 is 35.8 Å². The van der Waals surface area contributed by atoms with Crippen molar-refractivity contribution in [3.8, 4) is 0 Å². The minimum absolute atomic E-state index is 0. The summed E-state index contributed by atoms with van der Waals surface area (Å²) in [6.45, 7) is 24.9. The highest BCUT2D eigenvalue weighted by molar-refractivity contribution is 5.85. The number of aromatic amines is 5. The quantitative estimate of drug-likeness (QED) is 0.0549. The number of nitrogens with one attached hydrogen (secondary N) is 5. The van der Waals surface area contributed by atoms with Gasteiger partial charge in [0.05, 0.1) is 12.3 Å². The third-order valence-electron chi connectivity index (χ3n) is 8.65. The van der Waals surface area contributed by atoms with Crippen LogP contribution >= 0.6 is 0 Å². The molecule has 0 aliphatic heterocycles. The fraction of sp³-hybridized carbons (Fsp3) is 0.429. The van der Waals surface area contributed by atoms with Gasteiger partial charge in [-0.15, -0.1) is 0 Å². The molecule has 8 N–H and O–H groups in total. The first-order valence-corrected chi connectivity index (χ1v) is 19.2. The topological polar surface area (TPSA) is 249 Å². The van der Waals surface area contributed by atoms with E-state index in [-0.39, 0.29) is 82.2 Å².